The highest BCUT2D eigenvalue weighted by Gasteiger charge is 2.37. The maximum absolute atomic E-state index is 12.9. The zero-order chi connectivity index (χ0) is 22.1. The van der Waals surface area contributed by atoms with Crippen molar-refractivity contribution in [2.45, 2.75) is 13.8 Å². The van der Waals surface area contributed by atoms with Crippen molar-refractivity contribution in [3.8, 4) is 5.75 Å². The summed E-state index contributed by atoms with van der Waals surface area (Å²) in [5, 5.41) is 13.7. The Hall–Kier alpha value is -3.39. The van der Waals surface area contributed by atoms with Crippen LogP contribution < -0.4 is 15.0 Å². The minimum Gasteiger partial charge on any atom is -0.490 e. The quantitative estimate of drug-likeness (QED) is 0.430. The van der Waals surface area contributed by atoms with Gasteiger partial charge < -0.3 is 15.0 Å². The Morgan fingerprint density at radius 1 is 1.37 bits per heavy atom. The fourth-order valence-corrected chi connectivity index (χ4v) is 3.24. The first-order valence-corrected chi connectivity index (χ1v) is 9.47. The van der Waals surface area contributed by atoms with Gasteiger partial charge >= 0.3 is 0 Å². The number of anilines is 2. The van der Waals surface area contributed by atoms with Crippen LogP contribution in [0.2, 0.25) is 5.02 Å². The predicted octanol–water partition coefficient (Wildman–Crippen LogP) is 4.44. The largest absolute Gasteiger partial charge is 0.490 e. The average Bonchev–Trinajstić information content (AvgIpc) is 2.78. The molecule has 0 aliphatic carbocycles. The highest BCUT2D eigenvalue weighted by molar-refractivity contribution is 6.34. The molecule has 0 spiro atoms. The van der Waals surface area contributed by atoms with Crippen LogP contribution in [0, 0.1) is 15.5 Å². The molecule has 2 aromatic carbocycles. The first-order chi connectivity index (χ1) is 14.1. The van der Waals surface area contributed by atoms with E-state index in [1.807, 2.05) is 0 Å². The average molecular weight is 430 g/mol. The lowest BCUT2D eigenvalue weighted by Gasteiger charge is -2.27. The van der Waals surface area contributed by atoms with E-state index in [2.05, 4.69) is 11.9 Å². The molecule has 0 aromatic heterocycles. The molecule has 1 heterocycles. The summed E-state index contributed by atoms with van der Waals surface area (Å²) in [6.07, 6.45) is 1.63. The number of non-ortho nitro benzene ring substituents is 1. The third-order valence-corrected chi connectivity index (χ3v) is 4.97. The molecule has 156 valence electrons. The Balaban J connectivity index is 1.92. The first-order valence-electron chi connectivity index (χ1n) is 9.09. The van der Waals surface area contributed by atoms with Gasteiger partial charge in [-0.3, -0.25) is 19.7 Å². The fraction of sp³-hybridized carbons (Fsp3) is 0.238. The summed E-state index contributed by atoms with van der Waals surface area (Å²) >= 11 is 6.04. The Labute approximate surface area is 178 Å². The van der Waals surface area contributed by atoms with Crippen LogP contribution in [0.3, 0.4) is 0 Å². The van der Waals surface area contributed by atoms with Crippen LogP contribution in [0.1, 0.15) is 24.2 Å². The molecule has 2 aromatic rings. The number of nitrogens with zero attached hydrogens (tertiary/aromatic N) is 2. The lowest BCUT2D eigenvalue weighted by Crippen LogP contribution is -2.42. The summed E-state index contributed by atoms with van der Waals surface area (Å²) < 4.78 is 5.85. The van der Waals surface area contributed by atoms with E-state index in [-0.39, 0.29) is 28.8 Å². The topological polar surface area (TPSA) is 102 Å². The van der Waals surface area contributed by atoms with E-state index in [1.165, 1.54) is 12.1 Å². The number of fused-ring (bicyclic) bond motifs is 1. The highest BCUT2D eigenvalue weighted by Crippen LogP contribution is 2.38. The van der Waals surface area contributed by atoms with Gasteiger partial charge in [-0.05, 0) is 32.0 Å². The number of benzene rings is 2. The van der Waals surface area contributed by atoms with Gasteiger partial charge in [0.05, 0.1) is 26.6 Å². The molecule has 0 bridgehead atoms. The monoisotopic (exact) mass is 429 g/mol. The summed E-state index contributed by atoms with van der Waals surface area (Å²) in [6.45, 7) is 7.78. The summed E-state index contributed by atoms with van der Waals surface area (Å²) in [5.41, 5.74) is -0.0343. The molecule has 0 unspecified atom stereocenters. The molecule has 0 fully saturated rings. The van der Waals surface area contributed by atoms with Crippen LogP contribution >= 0.6 is 11.6 Å². The summed E-state index contributed by atoms with van der Waals surface area (Å²) in [6, 6.07) is 8.53. The number of carbonyl (C=O) groups excluding carboxylic acids is 2. The van der Waals surface area contributed by atoms with Crippen LogP contribution in [0.25, 0.3) is 0 Å². The number of ether oxygens (including phenoxy) is 1. The van der Waals surface area contributed by atoms with Crippen LogP contribution in [0.4, 0.5) is 17.1 Å². The van der Waals surface area contributed by atoms with Gasteiger partial charge in [-0.25, -0.2) is 0 Å². The zero-order valence-electron chi connectivity index (χ0n) is 16.5. The maximum atomic E-state index is 12.9. The molecule has 0 saturated heterocycles. The Bertz CT molecular complexity index is 1050. The van der Waals surface area contributed by atoms with Gasteiger partial charge in [-0.1, -0.05) is 17.7 Å². The second-order valence-electron chi connectivity index (χ2n) is 7.43. The van der Waals surface area contributed by atoms with E-state index in [9.17, 15) is 19.7 Å². The normalized spacial score (nSPS) is 14.9. The van der Waals surface area contributed by atoms with Gasteiger partial charge in [0.2, 0.25) is 5.91 Å². The van der Waals surface area contributed by atoms with Crippen LogP contribution in [0.5, 0.6) is 5.75 Å². The molecule has 0 atom stereocenters. The van der Waals surface area contributed by atoms with Gasteiger partial charge in [0, 0.05) is 30.4 Å². The summed E-state index contributed by atoms with van der Waals surface area (Å²) in [5.74, 6) is -0.267. The molecule has 0 saturated carbocycles. The highest BCUT2D eigenvalue weighted by atomic mass is 35.5. The van der Waals surface area contributed by atoms with Crippen LogP contribution in [-0.4, -0.2) is 29.9 Å². The van der Waals surface area contributed by atoms with Crippen molar-refractivity contribution >= 4 is 40.5 Å². The van der Waals surface area contributed by atoms with Gasteiger partial charge in [-0.2, -0.15) is 0 Å². The Morgan fingerprint density at radius 2 is 2.10 bits per heavy atom. The molecule has 1 N–H and O–H groups in total. The maximum Gasteiger partial charge on any atom is 0.270 e. The third-order valence-electron chi connectivity index (χ3n) is 4.64. The Kier molecular flexibility index (Phi) is 5.80. The fourth-order valence-electron chi connectivity index (χ4n) is 3.03. The molecule has 2 amide bonds. The molecular weight excluding hydrogens is 410 g/mol. The minimum atomic E-state index is -0.734. The summed E-state index contributed by atoms with van der Waals surface area (Å²) in [7, 11) is 0. The van der Waals surface area contributed by atoms with Gasteiger partial charge in [0.25, 0.3) is 11.6 Å². The predicted molar refractivity (Wildman–Crippen MR) is 114 cm³/mol. The Morgan fingerprint density at radius 3 is 2.77 bits per heavy atom. The smallest absolute Gasteiger partial charge is 0.270 e. The van der Waals surface area contributed by atoms with E-state index in [1.54, 1.807) is 43.0 Å². The second-order valence-corrected chi connectivity index (χ2v) is 7.84. The molecule has 1 aliphatic rings. The SMILES string of the molecule is C=CCN1C(=O)C(C)(C)COc2cc(NC(=O)c3cc([N+](=O)[O-])ccc3Cl)ccc21. The van der Waals surface area contributed by atoms with Crippen molar-refractivity contribution in [1.29, 1.82) is 0 Å². The molecule has 3 rings (SSSR count). The molecule has 1 aliphatic heterocycles. The second kappa shape index (κ2) is 8.16. The zero-order valence-corrected chi connectivity index (χ0v) is 17.2. The number of hydrogen-bond acceptors (Lipinski definition) is 5. The number of nitro groups is 1. The standard InChI is InChI=1S/C21H20ClN3O5/c1-4-9-24-17-8-5-13(10-18(17)30-12-21(2,3)20(24)27)23-19(26)15-11-14(25(28)29)6-7-16(15)22/h4-8,10-11H,1,9,12H2,2-3H3,(H,23,26). The van der Waals surface area contributed by atoms with Crippen molar-refractivity contribution in [2.24, 2.45) is 5.41 Å². The summed E-state index contributed by atoms with van der Waals surface area (Å²) in [4.78, 5) is 37.4. The lowest BCUT2D eigenvalue weighted by atomic mass is 9.93. The van der Waals surface area contributed by atoms with Crippen molar-refractivity contribution in [2.75, 3.05) is 23.4 Å². The molecule has 8 nitrogen and oxygen atoms in total. The number of carbonyl (C=O) groups is 2. The minimum absolute atomic E-state index is 0.0219. The number of nitro benzene ring substituents is 1. The number of halogens is 1. The molecule has 9 heteroatoms. The first kappa shape index (κ1) is 21.3. The van der Waals surface area contributed by atoms with Crippen molar-refractivity contribution in [3.63, 3.8) is 0 Å². The molecule has 0 radical (unpaired) electrons. The van der Waals surface area contributed by atoms with Crippen molar-refractivity contribution in [3.05, 3.63) is 69.8 Å². The van der Waals surface area contributed by atoms with Crippen LogP contribution in [-0.2, 0) is 4.79 Å². The molecule has 30 heavy (non-hydrogen) atoms. The van der Waals surface area contributed by atoms with Gasteiger partial charge in [0.15, 0.2) is 0 Å². The van der Waals surface area contributed by atoms with E-state index in [0.29, 0.717) is 23.7 Å². The number of amides is 2. The lowest BCUT2D eigenvalue weighted by molar-refractivity contribution is -0.384. The van der Waals surface area contributed by atoms with E-state index >= 15 is 0 Å². The number of rotatable bonds is 5. The van der Waals surface area contributed by atoms with Gasteiger partial charge in [-0.15, -0.1) is 6.58 Å². The molecular formula is C21H20ClN3O5. The third kappa shape index (κ3) is 4.13. The van der Waals surface area contributed by atoms with Crippen LogP contribution in [0.15, 0.2) is 49.1 Å². The van der Waals surface area contributed by atoms with E-state index < -0.39 is 16.2 Å². The number of nitrogens with one attached hydrogen (secondary N) is 1. The number of hydrogen-bond donors (Lipinski definition) is 1. The van der Waals surface area contributed by atoms with E-state index in [4.69, 9.17) is 16.3 Å². The van der Waals surface area contributed by atoms with Crippen molar-refractivity contribution in [1.82, 2.24) is 0 Å². The van der Waals surface area contributed by atoms with Gasteiger partial charge in [0.1, 0.15) is 12.4 Å². The van der Waals surface area contributed by atoms with Crippen molar-refractivity contribution < 1.29 is 19.2 Å². The van der Waals surface area contributed by atoms with E-state index in [0.717, 1.165) is 6.07 Å².